The van der Waals surface area contributed by atoms with Crippen molar-refractivity contribution < 1.29 is 31.2 Å². The molecule has 4 rings (SSSR count). The van der Waals surface area contributed by atoms with Crippen LogP contribution < -0.4 is 11.5 Å². The van der Waals surface area contributed by atoms with Gasteiger partial charge in [-0.15, -0.1) is 0 Å². The Hall–Kier alpha value is -3.25. The van der Waals surface area contributed by atoms with Gasteiger partial charge in [0.15, 0.2) is 25.6 Å². The molecule has 38 heavy (non-hydrogen) atoms. The van der Waals surface area contributed by atoms with Gasteiger partial charge in [-0.25, -0.2) is 21.6 Å². The Morgan fingerprint density at radius 2 is 1.24 bits per heavy atom. The predicted molar refractivity (Wildman–Crippen MR) is 144 cm³/mol. The summed E-state index contributed by atoms with van der Waals surface area (Å²) in [6.07, 6.45) is 1.42. The van der Waals surface area contributed by atoms with Crippen LogP contribution in [-0.4, -0.2) is 53.3 Å². The van der Waals surface area contributed by atoms with E-state index in [0.29, 0.717) is 17.5 Å². The van der Waals surface area contributed by atoms with Gasteiger partial charge in [-0.05, 0) is 72.9 Å². The van der Waals surface area contributed by atoms with E-state index in [2.05, 4.69) is 9.73 Å². The highest BCUT2D eigenvalue weighted by molar-refractivity contribution is 7.91. The number of fused-ring (bicyclic) bond motifs is 2. The molecule has 0 spiro atoms. The van der Waals surface area contributed by atoms with E-state index in [4.69, 9.17) is 11.5 Å². The Labute approximate surface area is 223 Å². The van der Waals surface area contributed by atoms with Crippen molar-refractivity contribution in [2.45, 2.75) is 50.3 Å². The summed E-state index contributed by atoms with van der Waals surface area (Å²) in [5, 5.41) is 0. The maximum absolute atomic E-state index is 12.2. The third kappa shape index (κ3) is 6.24. The molecule has 2 aliphatic rings. The zero-order chi connectivity index (χ0) is 28.6. The topological polar surface area (TPSA) is 176 Å². The molecule has 206 valence electrons. The molecule has 12 heteroatoms. The average Bonchev–Trinajstić information content (AvgIpc) is 2.76. The number of guanidine groups is 1. The number of carbonyl (C=O) groups is 2. The molecule has 4 N–H and O–H groups in total. The highest BCUT2D eigenvalue weighted by Gasteiger charge is 2.31. The van der Waals surface area contributed by atoms with Gasteiger partial charge in [-0.3, -0.25) is 4.79 Å². The molecule has 2 aromatic carbocycles. The summed E-state index contributed by atoms with van der Waals surface area (Å²) in [6, 6.07) is 6.37. The monoisotopic (exact) mass is 563 g/mol. The van der Waals surface area contributed by atoms with Crippen LogP contribution in [0.3, 0.4) is 0 Å². The van der Waals surface area contributed by atoms with E-state index in [1.807, 2.05) is 13.8 Å². The lowest BCUT2D eigenvalue weighted by atomic mass is 9.97. The molecule has 0 radical (unpaired) electrons. The number of methoxy groups -OCH3 is 1. The van der Waals surface area contributed by atoms with E-state index < -0.39 is 31.6 Å². The number of nitrogens with two attached hydrogens (primary N) is 2. The second kappa shape index (κ2) is 10.9. The van der Waals surface area contributed by atoms with Gasteiger partial charge in [0.2, 0.25) is 0 Å². The van der Waals surface area contributed by atoms with Crippen molar-refractivity contribution in [3.05, 3.63) is 57.6 Å². The van der Waals surface area contributed by atoms with Crippen LogP contribution >= 0.6 is 0 Å². The van der Waals surface area contributed by atoms with E-state index in [1.165, 1.54) is 19.2 Å². The first kappa shape index (κ1) is 29.3. The molecular weight excluding hydrogens is 530 g/mol. The van der Waals surface area contributed by atoms with Crippen LogP contribution in [-0.2, 0) is 37.3 Å². The zero-order valence-corrected chi connectivity index (χ0v) is 23.7. The van der Waals surface area contributed by atoms with Gasteiger partial charge in [0.1, 0.15) is 0 Å². The van der Waals surface area contributed by atoms with Crippen molar-refractivity contribution in [2.24, 2.45) is 28.3 Å². The highest BCUT2D eigenvalue weighted by Crippen LogP contribution is 2.32. The van der Waals surface area contributed by atoms with Crippen LogP contribution in [0, 0.1) is 25.7 Å². The van der Waals surface area contributed by atoms with Crippen molar-refractivity contribution in [2.75, 3.05) is 18.6 Å². The van der Waals surface area contributed by atoms with Crippen LogP contribution in [0.25, 0.3) is 0 Å². The molecule has 2 aliphatic heterocycles. The summed E-state index contributed by atoms with van der Waals surface area (Å²) in [5.41, 5.74) is 13.9. The first-order chi connectivity index (χ1) is 17.6. The van der Waals surface area contributed by atoms with E-state index in [-0.39, 0.29) is 44.7 Å². The number of sulfone groups is 2. The molecule has 10 nitrogen and oxygen atoms in total. The van der Waals surface area contributed by atoms with Gasteiger partial charge in [0, 0.05) is 5.56 Å². The molecule has 0 saturated heterocycles. The number of aryl methyl sites for hydroxylation is 2. The highest BCUT2D eigenvalue weighted by atomic mass is 32.2. The molecule has 2 heterocycles. The van der Waals surface area contributed by atoms with Crippen LogP contribution in [0.1, 0.15) is 56.8 Å². The second-order valence-corrected chi connectivity index (χ2v) is 14.1. The van der Waals surface area contributed by atoms with E-state index in [9.17, 15) is 26.4 Å². The third-order valence-electron chi connectivity index (χ3n) is 6.50. The third-order valence-corrected chi connectivity index (χ3v) is 10.6. The first-order valence-electron chi connectivity index (χ1n) is 12.0. The lowest BCUT2D eigenvalue weighted by Crippen LogP contribution is -2.26. The molecule has 0 fully saturated rings. The SMILES string of the molecule is COC(=O)c1cc2c(cc1C)CC(C)CS2(=O)=O.Cc1cc2c(cc1C(=O)N=C(N)N)S(=O)(=O)CC(C)C2. The minimum absolute atomic E-state index is 0.0751. The number of benzene rings is 2. The van der Waals surface area contributed by atoms with Crippen molar-refractivity contribution in [3.63, 3.8) is 0 Å². The summed E-state index contributed by atoms with van der Waals surface area (Å²) < 4.78 is 53.3. The van der Waals surface area contributed by atoms with E-state index in [1.54, 1.807) is 26.0 Å². The van der Waals surface area contributed by atoms with Crippen molar-refractivity contribution >= 4 is 37.5 Å². The summed E-state index contributed by atoms with van der Waals surface area (Å²) in [4.78, 5) is 27.4. The smallest absolute Gasteiger partial charge is 0.338 e. The standard InChI is InChI=1S/C13H17N3O3S.C13H16O4S/c1-7-3-9-4-8(2)10(12(17)16-13(14)15)5-11(9)20(18,19)6-7;1-8-4-10-5-9(2)11(13(14)17-3)6-12(10)18(15,16)7-8/h4-5,7H,3,6H2,1-2H3,(H4,14,15,16,17);5-6,8H,4,7H2,1-3H3. The van der Waals surface area contributed by atoms with Gasteiger partial charge >= 0.3 is 5.97 Å². The van der Waals surface area contributed by atoms with Crippen LogP contribution in [0.4, 0.5) is 0 Å². The number of esters is 1. The Bertz CT molecular complexity index is 1540. The molecule has 0 aromatic heterocycles. The number of hydrogen-bond donors (Lipinski definition) is 2. The number of hydrogen-bond acceptors (Lipinski definition) is 7. The van der Waals surface area contributed by atoms with Crippen molar-refractivity contribution in [1.29, 1.82) is 0 Å². The fourth-order valence-electron chi connectivity index (χ4n) is 4.93. The van der Waals surface area contributed by atoms with Crippen LogP contribution in [0.15, 0.2) is 39.0 Å². The van der Waals surface area contributed by atoms with E-state index in [0.717, 1.165) is 23.1 Å². The van der Waals surface area contributed by atoms with Gasteiger partial charge < -0.3 is 16.2 Å². The van der Waals surface area contributed by atoms with Crippen molar-refractivity contribution in [1.82, 2.24) is 0 Å². The summed E-state index contributed by atoms with van der Waals surface area (Å²) in [7, 11) is -5.35. The van der Waals surface area contributed by atoms with Gasteiger partial charge in [-0.1, -0.05) is 26.0 Å². The Morgan fingerprint density at radius 3 is 1.66 bits per heavy atom. The average molecular weight is 564 g/mol. The normalized spacial score (nSPS) is 20.6. The first-order valence-corrected chi connectivity index (χ1v) is 15.3. The molecule has 0 aliphatic carbocycles. The Balaban J connectivity index is 0.000000212. The molecule has 0 bridgehead atoms. The summed E-state index contributed by atoms with van der Waals surface area (Å²) >= 11 is 0. The number of aliphatic imine (C=N–C) groups is 1. The fourth-order valence-corrected chi connectivity index (χ4v) is 8.70. The maximum atomic E-state index is 12.2. The van der Waals surface area contributed by atoms with Crippen molar-refractivity contribution in [3.8, 4) is 0 Å². The lowest BCUT2D eigenvalue weighted by molar-refractivity contribution is 0.0599. The van der Waals surface area contributed by atoms with E-state index >= 15 is 0 Å². The minimum Gasteiger partial charge on any atom is -0.465 e. The number of ether oxygens (including phenoxy) is 1. The largest absolute Gasteiger partial charge is 0.465 e. The predicted octanol–water partition coefficient (Wildman–Crippen LogP) is 2.12. The second-order valence-electron chi connectivity index (χ2n) is 10.1. The number of nitrogens with zero attached hydrogens (tertiary/aromatic N) is 1. The van der Waals surface area contributed by atoms with Gasteiger partial charge in [0.05, 0.1) is 34.0 Å². The lowest BCUT2D eigenvalue weighted by Gasteiger charge is -2.22. The molecule has 0 saturated carbocycles. The summed E-state index contributed by atoms with van der Waals surface area (Å²) in [5.74, 6) is -1.04. The maximum Gasteiger partial charge on any atom is 0.338 e. The number of carbonyl (C=O) groups excluding carboxylic acids is 2. The minimum atomic E-state index is -3.36. The zero-order valence-electron chi connectivity index (χ0n) is 22.1. The molecule has 2 unspecified atom stereocenters. The Morgan fingerprint density at radius 1 is 0.816 bits per heavy atom. The molecule has 2 aromatic rings. The fraction of sp³-hybridized carbons (Fsp3) is 0.423. The molecule has 1 amide bonds. The van der Waals surface area contributed by atoms with Gasteiger partial charge in [0.25, 0.3) is 5.91 Å². The van der Waals surface area contributed by atoms with Gasteiger partial charge in [-0.2, -0.15) is 4.99 Å². The molecular formula is C26H33N3O7S2. The number of amides is 1. The van der Waals surface area contributed by atoms with Crippen LogP contribution in [0.5, 0.6) is 0 Å². The summed E-state index contributed by atoms with van der Waals surface area (Å²) in [6.45, 7) is 7.35. The Kier molecular flexibility index (Phi) is 8.37. The molecule has 2 atom stereocenters. The quantitative estimate of drug-likeness (QED) is 0.315. The number of rotatable bonds is 2. The van der Waals surface area contributed by atoms with Crippen LogP contribution in [0.2, 0.25) is 0 Å².